The summed E-state index contributed by atoms with van der Waals surface area (Å²) in [7, 11) is 3.32. The Morgan fingerprint density at radius 3 is 2.37 bits per heavy atom. The average Bonchev–Trinajstić information content (AvgIpc) is 2.97. The molecule has 0 aromatic heterocycles. The van der Waals surface area contributed by atoms with Gasteiger partial charge in [-0.25, -0.2) is 4.39 Å². The van der Waals surface area contributed by atoms with Crippen molar-refractivity contribution in [3.63, 3.8) is 0 Å². The van der Waals surface area contributed by atoms with E-state index >= 15 is 0 Å². The Hall–Kier alpha value is -2.37. The maximum absolute atomic E-state index is 13.3. The highest BCUT2D eigenvalue weighted by Gasteiger charge is 2.48. The van der Waals surface area contributed by atoms with Crippen molar-refractivity contribution in [1.82, 2.24) is 4.90 Å². The molecule has 2 aromatic rings. The van der Waals surface area contributed by atoms with Crippen LogP contribution in [0.25, 0.3) is 0 Å². The minimum absolute atomic E-state index is 0.272. The summed E-state index contributed by atoms with van der Waals surface area (Å²) in [6.45, 7) is 4.66. The summed E-state index contributed by atoms with van der Waals surface area (Å²) in [5, 5.41) is 11.4. The van der Waals surface area contributed by atoms with Crippen LogP contribution in [-0.4, -0.2) is 36.3 Å². The fourth-order valence-electron chi connectivity index (χ4n) is 5.29. The van der Waals surface area contributed by atoms with Crippen molar-refractivity contribution in [3.05, 3.63) is 71.6 Å². The fraction of sp³-hybridized carbons (Fsp3) is 0.440. The van der Waals surface area contributed by atoms with E-state index in [2.05, 4.69) is 17.5 Å². The van der Waals surface area contributed by atoms with Gasteiger partial charge in [-0.3, -0.25) is 4.90 Å². The lowest BCUT2D eigenvalue weighted by molar-refractivity contribution is -0.0595. The number of hydrogen-bond acceptors (Lipinski definition) is 4. The monoisotopic (exact) mass is 411 g/mol. The van der Waals surface area contributed by atoms with E-state index in [9.17, 15) is 9.50 Å². The molecule has 4 rings (SSSR count). The molecule has 30 heavy (non-hydrogen) atoms. The molecular weight excluding hydrogens is 381 g/mol. The van der Waals surface area contributed by atoms with Gasteiger partial charge in [-0.1, -0.05) is 24.3 Å². The van der Waals surface area contributed by atoms with Crippen LogP contribution in [0.3, 0.4) is 0 Å². The Balaban J connectivity index is 1.56. The van der Waals surface area contributed by atoms with Crippen LogP contribution in [0.1, 0.15) is 42.4 Å². The number of ether oxygens (including phenoxy) is 2. The second-order valence-corrected chi connectivity index (χ2v) is 8.49. The predicted octanol–water partition coefficient (Wildman–Crippen LogP) is 4.59. The molecule has 4 nitrogen and oxygen atoms in total. The predicted molar refractivity (Wildman–Crippen MR) is 115 cm³/mol. The molecule has 0 saturated carbocycles. The molecule has 1 N–H and O–H groups in total. The molecule has 0 radical (unpaired) electrons. The van der Waals surface area contributed by atoms with E-state index in [0.717, 1.165) is 42.0 Å². The summed E-state index contributed by atoms with van der Waals surface area (Å²) in [4.78, 5) is 2.51. The van der Waals surface area contributed by atoms with Gasteiger partial charge in [0.1, 0.15) is 5.82 Å². The zero-order valence-corrected chi connectivity index (χ0v) is 17.7. The van der Waals surface area contributed by atoms with Crippen LogP contribution in [-0.2, 0) is 18.6 Å². The van der Waals surface area contributed by atoms with Gasteiger partial charge >= 0.3 is 0 Å². The number of halogens is 1. The molecule has 5 heteroatoms. The summed E-state index contributed by atoms with van der Waals surface area (Å²) < 4.78 is 24.5. The van der Waals surface area contributed by atoms with E-state index in [1.54, 1.807) is 26.4 Å². The Morgan fingerprint density at radius 1 is 1.13 bits per heavy atom. The minimum atomic E-state index is -0.887. The average molecular weight is 412 g/mol. The first kappa shape index (κ1) is 20.9. The molecule has 160 valence electrons. The molecular formula is C25H30FNO3. The van der Waals surface area contributed by atoms with Gasteiger partial charge < -0.3 is 14.6 Å². The summed E-state index contributed by atoms with van der Waals surface area (Å²) >= 11 is 0. The molecule has 0 spiro atoms. The van der Waals surface area contributed by atoms with Crippen molar-refractivity contribution >= 4 is 0 Å². The van der Waals surface area contributed by atoms with E-state index < -0.39 is 5.60 Å². The molecule has 0 amide bonds. The zero-order chi connectivity index (χ0) is 21.3. The van der Waals surface area contributed by atoms with Crippen LogP contribution < -0.4 is 9.47 Å². The number of methoxy groups -OCH3 is 2. The normalized spacial score (nSPS) is 25.9. The molecule has 2 fully saturated rings. The molecule has 2 bridgehead atoms. The number of rotatable bonds is 7. The Labute approximate surface area is 177 Å². The lowest BCUT2D eigenvalue weighted by atomic mass is 9.80. The van der Waals surface area contributed by atoms with Gasteiger partial charge in [-0.05, 0) is 61.4 Å². The molecule has 2 aliphatic heterocycles. The van der Waals surface area contributed by atoms with Crippen LogP contribution in [0.5, 0.6) is 11.5 Å². The van der Waals surface area contributed by atoms with Gasteiger partial charge in [0.05, 0.1) is 19.8 Å². The van der Waals surface area contributed by atoms with Crippen molar-refractivity contribution in [2.75, 3.05) is 14.2 Å². The van der Waals surface area contributed by atoms with Crippen molar-refractivity contribution < 1.29 is 19.0 Å². The van der Waals surface area contributed by atoms with E-state index in [4.69, 9.17) is 9.47 Å². The molecule has 0 unspecified atom stereocenters. The van der Waals surface area contributed by atoms with Gasteiger partial charge in [-0.2, -0.15) is 0 Å². The fourth-order valence-corrected chi connectivity index (χ4v) is 5.29. The third-order valence-corrected chi connectivity index (χ3v) is 6.64. The molecule has 2 saturated heterocycles. The Bertz CT molecular complexity index is 897. The highest BCUT2D eigenvalue weighted by molar-refractivity contribution is 5.50. The largest absolute Gasteiger partial charge is 0.493 e. The number of fused-ring (bicyclic) bond motifs is 2. The SMILES string of the molecule is C=CCc1cc(CN2[C@@H]3CC[C@@H]2CC(O)(c2ccc(F)cc2)C3)cc(OC)c1OC. The van der Waals surface area contributed by atoms with Gasteiger partial charge in [0, 0.05) is 24.2 Å². The second kappa shape index (κ2) is 8.40. The zero-order valence-electron chi connectivity index (χ0n) is 17.7. The first-order valence-corrected chi connectivity index (χ1v) is 10.6. The highest BCUT2D eigenvalue weighted by atomic mass is 19.1. The van der Waals surface area contributed by atoms with Crippen LogP contribution >= 0.6 is 0 Å². The maximum Gasteiger partial charge on any atom is 0.164 e. The minimum Gasteiger partial charge on any atom is -0.493 e. The lowest BCUT2D eigenvalue weighted by Gasteiger charge is -2.44. The van der Waals surface area contributed by atoms with Crippen molar-refractivity contribution in [2.24, 2.45) is 0 Å². The maximum atomic E-state index is 13.3. The van der Waals surface area contributed by atoms with E-state index in [0.29, 0.717) is 31.3 Å². The quantitative estimate of drug-likeness (QED) is 0.677. The Morgan fingerprint density at radius 2 is 1.80 bits per heavy atom. The second-order valence-electron chi connectivity index (χ2n) is 8.49. The Kier molecular flexibility index (Phi) is 5.85. The number of hydrogen-bond donors (Lipinski definition) is 1. The molecule has 2 aromatic carbocycles. The number of aliphatic hydroxyl groups is 1. The van der Waals surface area contributed by atoms with E-state index in [1.165, 1.54) is 17.7 Å². The summed E-state index contributed by atoms with van der Waals surface area (Å²) in [5.74, 6) is 1.22. The van der Waals surface area contributed by atoms with Gasteiger partial charge in [0.15, 0.2) is 11.5 Å². The highest BCUT2D eigenvalue weighted by Crippen LogP contribution is 2.46. The number of piperidine rings is 1. The third-order valence-electron chi connectivity index (χ3n) is 6.64. The first-order valence-electron chi connectivity index (χ1n) is 10.6. The molecule has 2 aliphatic rings. The third kappa shape index (κ3) is 3.84. The summed E-state index contributed by atoms with van der Waals surface area (Å²) in [6.07, 6.45) is 6.06. The standard InChI is InChI=1S/C25H30FNO3/c1-4-5-18-12-17(13-23(29-2)24(18)30-3)16-27-21-10-11-22(27)15-25(28,14-21)19-6-8-20(26)9-7-19/h4,6-9,12-13,21-22,28H,1,5,10-11,14-16H2,2-3H3/t21-,22-/m1/s1. The van der Waals surface area contributed by atoms with Gasteiger partial charge in [0.25, 0.3) is 0 Å². The number of nitrogens with zero attached hydrogens (tertiary/aromatic N) is 1. The van der Waals surface area contributed by atoms with Crippen molar-refractivity contribution in [1.29, 1.82) is 0 Å². The van der Waals surface area contributed by atoms with Gasteiger partial charge in [-0.15, -0.1) is 6.58 Å². The van der Waals surface area contributed by atoms with Crippen LogP contribution in [0.15, 0.2) is 49.1 Å². The smallest absolute Gasteiger partial charge is 0.164 e. The van der Waals surface area contributed by atoms with E-state index in [-0.39, 0.29) is 5.82 Å². The molecule has 2 heterocycles. The topological polar surface area (TPSA) is 41.9 Å². The summed E-state index contributed by atoms with van der Waals surface area (Å²) in [5.41, 5.74) is 2.17. The number of benzene rings is 2. The number of allylic oxidation sites excluding steroid dienone is 1. The van der Waals surface area contributed by atoms with Gasteiger partial charge in [0.2, 0.25) is 0 Å². The summed E-state index contributed by atoms with van der Waals surface area (Å²) in [6, 6.07) is 11.1. The first-order chi connectivity index (χ1) is 14.5. The molecule has 0 aliphatic carbocycles. The van der Waals surface area contributed by atoms with Crippen LogP contribution in [0.4, 0.5) is 4.39 Å². The lowest BCUT2D eigenvalue weighted by Crippen LogP contribution is -2.49. The van der Waals surface area contributed by atoms with Crippen LogP contribution in [0.2, 0.25) is 0 Å². The molecule has 2 atom stereocenters. The van der Waals surface area contributed by atoms with Crippen molar-refractivity contribution in [2.45, 2.75) is 56.3 Å². The van der Waals surface area contributed by atoms with Crippen molar-refractivity contribution in [3.8, 4) is 11.5 Å². The van der Waals surface area contributed by atoms with E-state index in [1.807, 2.05) is 12.1 Å². The van der Waals surface area contributed by atoms with Crippen LogP contribution in [0, 0.1) is 5.82 Å².